The van der Waals surface area contributed by atoms with Gasteiger partial charge in [0.1, 0.15) is 6.54 Å². The molecule has 0 bridgehead atoms. The van der Waals surface area contributed by atoms with E-state index in [9.17, 15) is 14.4 Å². The Labute approximate surface area is 161 Å². The van der Waals surface area contributed by atoms with Gasteiger partial charge in [0.05, 0.1) is 5.69 Å². The van der Waals surface area contributed by atoms with E-state index in [1.807, 2.05) is 42.5 Å². The minimum atomic E-state index is -0.316. The smallest absolute Gasteiger partial charge is 0.267 e. The van der Waals surface area contributed by atoms with Crippen molar-refractivity contribution in [2.45, 2.75) is 6.54 Å². The van der Waals surface area contributed by atoms with E-state index in [-0.39, 0.29) is 18.0 Å². The van der Waals surface area contributed by atoms with Gasteiger partial charge in [-0.15, -0.1) is 0 Å². The van der Waals surface area contributed by atoms with E-state index in [2.05, 4.69) is 5.10 Å². The molecule has 0 atom stereocenters. The molecule has 1 aliphatic heterocycles. The summed E-state index contributed by atoms with van der Waals surface area (Å²) in [5.74, 6) is -0.171. The standard InChI is InChI=1S/C21H20N4O3/c26-15-23-10-12-24(13-11-23)21(28)14-25-20(27)9-8-19(22-25)18-7-3-5-16-4-1-2-6-17(16)18/h1-9,15H,10-14H2. The third kappa shape index (κ3) is 3.51. The quantitative estimate of drug-likeness (QED) is 0.645. The zero-order chi connectivity index (χ0) is 19.5. The number of benzene rings is 2. The van der Waals surface area contributed by atoms with Crippen molar-refractivity contribution in [1.29, 1.82) is 0 Å². The van der Waals surface area contributed by atoms with Gasteiger partial charge in [0, 0.05) is 37.8 Å². The molecule has 2 aromatic carbocycles. The van der Waals surface area contributed by atoms with Crippen LogP contribution >= 0.6 is 0 Å². The van der Waals surface area contributed by atoms with Crippen molar-refractivity contribution < 1.29 is 9.59 Å². The van der Waals surface area contributed by atoms with Crippen LogP contribution in [0.3, 0.4) is 0 Å². The lowest BCUT2D eigenvalue weighted by molar-refractivity contribution is -0.135. The number of piperazine rings is 1. The lowest BCUT2D eigenvalue weighted by Crippen LogP contribution is -2.49. The lowest BCUT2D eigenvalue weighted by Gasteiger charge is -2.32. The third-order valence-corrected chi connectivity index (χ3v) is 5.03. The third-order valence-electron chi connectivity index (χ3n) is 5.03. The first-order chi connectivity index (χ1) is 13.7. The molecular formula is C21H20N4O3. The van der Waals surface area contributed by atoms with Crippen molar-refractivity contribution >= 4 is 23.1 Å². The Morgan fingerprint density at radius 3 is 2.50 bits per heavy atom. The first-order valence-electron chi connectivity index (χ1n) is 9.19. The molecule has 2 heterocycles. The van der Waals surface area contributed by atoms with Crippen LogP contribution in [0.25, 0.3) is 22.0 Å². The van der Waals surface area contributed by atoms with Gasteiger partial charge in [0.2, 0.25) is 12.3 Å². The molecule has 3 aromatic rings. The molecule has 28 heavy (non-hydrogen) atoms. The molecule has 7 heteroatoms. The zero-order valence-corrected chi connectivity index (χ0v) is 15.3. The van der Waals surface area contributed by atoms with Crippen LogP contribution in [0.15, 0.2) is 59.4 Å². The molecule has 0 N–H and O–H groups in total. The number of aromatic nitrogens is 2. The Bertz CT molecular complexity index is 1080. The zero-order valence-electron chi connectivity index (χ0n) is 15.3. The summed E-state index contributed by atoms with van der Waals surface area (Å²) in [6, 6.07) is 17.0. The van der Waals surface area contributed by atoms with Gasteiger partial charge in [0.15, 0.2) is 0 Å². The Morgan fingerprint density at radius 2 is 1.71 bits per heavy atom. The molecule has 2 amide bonds. The van der Waals surface area contributed by atoms with Crippen LogP contribution in [0.5, 0.6) is 0 Å². The van der Waals surface area contributed by atoms with E-state index in [1.54, 1.807) is 15.9 Å². The molecule has 1 aliphatic rings. The number of carbonyl (C=O) groups excluding carboxylic acids is 2. The molecule has 4 rings (SSSR count). The topological polar surface area (TPSA) is 75.5 Å². The second-order valence-corrected chi connectivity index (χ2v) is 6.76. The summed E-state index contributed by atoms with van der Waals surface area (Å²) in [6.45, 7) is 1.84. The van der Waals surface area contributed by atoms with Crippen LogP contribution in [-0.4, -0.2) is 58.1 Å². The molecule has 1 saturated heterocycles. The second kappa shape index (κ2) is 7.64. The summed E-state index contributed by atoms with van der Waals surface area (Å²) in [7, 11) is 0. The molecule has 0 radical (unpaired) electrons. The molecular weight excluding hydrogens is 356 g/mol. The first kappa shape index (κ1) is 17.9. The van der Waals surface area contributed by atoms with Crippen molar-refractivity contribution in [3.8, 4) is 11.3 Å². The Kier molecular flexibility index (Phi) is 4.89. The van der Waals surface area contributed by atoms with E-state index >= 15 is 0 Å². The van der Waals surface area contributed by atoms with Crippen molar-refractivity contribution in [1.82, 2.24) is 19.6 Å². The van der Waals surface area contributed by atoms with Crippen LogP contribution in [0.4, 0.5) is 0 Å². The largest absolute Gasteiger partial charge is 0.342 e. The van der Waals surface area contributed by atoms with Gasteiger partial charge in [0.25, 0.3) is 5.56 Å². The summed E-state index contributed by atoms with van der Waals surface area (Å²) in [5.41, 5.74) is 1.25. The van der Waals surface area contributed by atoms with Crippen molar-refractivity contribution in [2.75, 3.05) is 26.2 Å². The minimum Gasteiger partial charge on any atom is -0.342 e. The fourth-order valence-electron chi connectivity index (χ4n) is 3.46. The van der Waals surface area contributed by atoms with Crippen LogP contribution in [-0.2, 0) is 16.1 Å². The maximum Gasteiger partial charge on any atom is 0.267 e. The van der Waals surface area contributed by atoms with Gasteiger partial charge in [-0.3, -0.25) is 14.4 Å². The van der Waals surface area contributed by atoms with Gasteiger partial charge in [-0.05, 0) is 16.8 Å². The summed E-state index contributed by atoms with van der Waals surface area (Å²) in [4.78, 5) is 39.0. The molecule has 1 aromatic heterocycles. The van der Waals surface area contributed by atoms with Crippen molar-refractivity contribution in [3.63, 3.8) is 0 Å². The number of rotatable bonds is 4. The van der Waals surface area contributed by atoms with Crippen LogP contribution in [0, 0.1) is 0 Å². The van der Waals surface area contributed by atoms with Gasteiger partial charge in [-0.1, -0.05) is 42.5 Å². The molecule has 142 valence electrons. The van der Waals surface area contributed by atoms with E-state index in [0.29, 0.717) is 31.9 Å². The summed E-state index contributed by atoms with van der Waals surface area (Å²) in [5, 5.41) is 6.58. The summed E-state index contributed by atoms with van der Waals surface area (Å²) >= 11 is 0. The molecule has 0 unspecified atom stereocenters. The summed E-state index contributed by atoms with van der Waals surface area (Å²) < 4.78 is 1.21. The van der Waals surface area contributed by atoms with Gasteiger partial charge < -0.3 is 9.80 Å². The number of fused-ring (bicyclic) bond motifs is 1. The van der Waals surface area contributed by atoms with Gasteiger partial charge >= 0.3 is 0 Å². The van der Waals surface area contributed by atoms with E-state index in [4.69, 9.17) is 0 Å². The predicted octanol–water partition coefficient (Wildman–Crippen LogP) is 1.36. The first-order valence-corrected chi connectivity index (χ1v) is 9.19. The molecule has 1 fully saturated rings. The van der Waals surface area contributed by atoms with Gasteiger partial charge in [-0.25, -0.2) is 4.68 Å². The van der Waals surface area contributed by atoms with Crippen LogP contribution < -0.4 is 5.56 Å². The van der Waals surface area contributed by atoms with Crippen molar-refractivity contribution in [3.05, 3.63) is 65.0 Å². The van der Waals surface area contributed by atoms with E-state index in [1.165, 1.54) is 10.7 Å². The van der Waals surface area contributed by atoms with Gasteiger partial charge in [-0.2, -0.15) is 5.10 Å². The molecule has 0 saturated carbocycles. The lowest BCUT2D eigenvalue weighted by atomic mass is 10.0. The SMILES string of the molecule is O=CN1CCN(C(=O)Cn2nc(-c3cccc4ccccc34)ccc2=O)CC1. The maximum absolute atomic E-state index is 12.6. The highest BCUT2D eigenvalue weighted by molar-refractivity contribution is 5.95. The molecule has 0 spiro atoms. The number of hydrogen-bond donors (Lipinski definition) is 0. The normalized spacial score (nSPS) is 14.3. The second-order valence-electron chi connectivity index (χ2n) is 6.76. The maximum atomic E-state index is 12.6. The average molecular weight is 376 g/mol. The Morgan fingerprint density at radius 1 is 0.964 bits per heavy atom. The Balaban J connectivity index is 1.60. The summed E-state index contributed by atoms with van der Waals surface area (Å²) in [6.07, 6.45) is 0.793. The van der Waals surface area contributed by atoms with Crippen LogP contribution in [0.2, 0.25) is 0 Å². The number of amides is 2. The average Bonchev–Trinajstić information content (AvgIpc) is 2.75. The van der Waals surface area contributed by atoms with E-state index < -0.39 is 0 Å². The fraction of sp³-hybridized carbons (Fsp3) is 0.238. The highest BCUT2D eigenvalue weighted by atomic mass is 16.2. The number of nitrogens with zero attached hydrogens (tertiary/aromatic N) is 4. The molecule has 7 nitrogen and oxygen atoms in total. The van der Waals surface area contributed by atoms with E-state index in [0.717, 1.165) is 22.7 Å². The fourth-order valence-corrected chi connectivity index (χ4v) is 3.46. The predicted molar refractivity (Wildman–Crippen MR) is 106 cm³/mol. The Hall–Kier alpha value is -3.48. The monoisotopic (exact) mass is 376 g/mol. The highest BCUT2D eigenvalue weighted by Crippen LogP contribution is 2.26. The van der Waals surface area contributed by atoms with Crippen molar-refractivity contribution in [2.24, 2.45) is 0 Å². The van der Waals surface area contributed by atoms with Crippen LogP contribution in [0.1, 0.15) is 0 Å². The number of hydrogen-bond acceptors (Lipinski definition) is 4. The highest BCUT2D eigenvalue weighted by Gasteiger charge is 2.21. The number of carbonyl (C=O) groups is 2. The minimum absolute atomic E-state index is 0.113. The molecule has 0 aliphatic carbocycles.